The Morgan fingerprint density at radius 3 is 2.56 bits per heavy atom. The molecule has 0 saturated carbocycles. The number of esters is 1. The molecule has 86 valence electrons. The predicted molar refractivity (Wildman–Crippen MR) is 54.9 cm³/mol. The Hall–Kier alpha value is -2.24. The van der Waals surface area contributed by atoms with Crippen LogP contribution >= 0.6 is 0 Å². The maximum atomic E-state index is 11.0. The van der Waals surface area contributed by atoms with Crippen LogP contribution in [-0.4, -0.2) is 30.3 Å². The summed E-state index contributed by atoms with van der Waals surface area (Å²) in [7, 11) is 0. The predicted octanol–water partition coefficient (Wildman–Crippen LogP) is 0.275. The van der Waals surface area contributed by atoms with Crippen LogP contribution in [0.1, 0.15) is 0 Å². The zero-order valence-corrected chi connectivity index (χ0v) is 8.38. The summed E-state index contributed by atoms with van der Waals surface area (Å²) < 4.78 is 9.40. The third kappa shape index (κ3) is 3.87. The molecule has 0 heterocycles. The van der Waals surface area contributed by atoms with Gasteiger partial charge in [0.2, 0.25) is 0 Å². The van der Waals surface area contributed by atoms with E-state index >= 15 is 0 Å². The molecule has 1 rings (SSSR count). The highest BCUT2D eigenvalue weighted by Crippen LogP contribution is 2.19. The first-order chi connectivity index (χ1) is 7.59. The van der Waals surface area contributed by atoms with E-state index in [-0.39, 0.29) is 6.61 Å². The van der Waals surface area contributed by atoms with Crippen molar-refractivity contribution in [2.24, 2.45) is 0 Å². The van der Waals surface area contributed by atoms with Crippen LogP contribution in [0.25, 0.3) is 0 Å². The largest absolute Gasteiger partial charge is 0.480 e. The number of carboxylic acids is 1. The minimum Gasteiger partial charge on any atom is -0.480 e. The van der Waals surface area contributed by atoms with E-state index in [0.717, 1.165) is 0 Å². The zero-order chi connectivity index (χ0) is 12.0. The molecule has 0 atom stereocenters. The van der Waals surface area contributed by atoms with Gasteiger partial charge in [0.15, 0.2) is 13.2 Å². The first-order valence-corrected chi connectivity index (χ1v) is 4.44. The van der Waals surface area contributed by atoms with Crippen LogP contribution in [0.4, 0.5) is 5.69 Å². The van der Waals surface area contributed by atoms with E-state index in [0.29, 0.717) is 11.4 Å². The Balaban J connectivity index is 2.37. The van der Waals surface area contributed by atoms with Gasteiger partial charge in [0.1, 0.15) is 5.75 Å². The quantitative estimate of drug-likeness (QED) is 0.551. The van der Waals surface area contributed by atoms with Crippen LogP contribution in [-0.2, 0) is 14.3 Å². The molecule has 0 fully saturated rings. The highest BCUT2D eigenvalue weighted by atomic mass is 16.6. The molecule has 0 aliphatic rings. The van der Waals surface area contributed by atoms with Gasteiger partial charge in [0.05, 0.1) is 5.69 Å². The molecule has 0 saturated heterocycles. The molecule has 0 radical (unpaired) electrons. The summed E-state index contributed by atoms with van der Waals surface area (Å²) in [5, 5.41) is 8.25. The van der Waals surface area contributed by atoms with Gasteiger partial charge < -0.3 is 20.3 Å². The van der Waals surface area contributed by atoms with E-state index in [1.807, 2.05) is 0 Å². The number of benzene rings is 1. The third-order valence-corrected chi connectivity index (χ3v) is 1.62. The van der Waals surface area contributed by atoms with Crippen LogP contribution in [0, 0.1) is 0 Å². The average Bonchev–Trinajstić information content (AvgIpc) is 2.25. The molecule has 6 nitrogen and oxygen atoms in total. The van der Waals surface area contributed by atoms with Crippen molar-refractivity contribution in [2.45, 2.75) is 0 Å². The topological polar surface area (TPSA) is 98.9 Å². The van der Waals surface area contributed by atoms with E-state index in [2.05, 4.69) is 4.74 Å². The molecule has 0 aliphatic carbocycles. The standard InChI is InChI=1S/C10H11NO5/c11-7-3-1-2-4-8(7)15-6-10(14)16-5-9(12)13/h1-4H,5-6,11H2,(H,12,13). The highest BCUT2D eigenvalue weighted by molar-refractivity contribution is 5.76. The Bertz CT molecular complexity index is 391. The summed E-state index contributed by atoms with van der Waals surface area (Å²) in [6.07, 6.45) is 0. The Morgan fingerprint density at radius 2 is 1.94 bits per heavy atom. The van der Waals surface area contributed by atoms with E-state index in [9.17, 15) is 9.59 Å². The smallest absolute Gasteiger partial charge is 0.344 e. The van der Waals surface area contributed by atoms with E-state index in [1.165, 1.54) is 0 Å². The van der Waals surface area contributed by atoms with Crippen molar-refractivity contribution in [3.63, 3.8) is 0 Å². The molecule has 0 unspecified atom stereocenters. The normalized spacial score (nSPS) is 9.50. The summed E-state index contributed by atoms with van der Waals surface area (Å²) in [4.78, 5) is 21.1. The van der Waals surface area contributed by atoms with Crippen molar-refractivity contribution in [3.05, 3.63) is 24.3 Å². The number of hydrogen-bond acceptors (Lipinski definition) is 5. The Morgan fingerprint density at radius 1 is 1.25 bits per heavy atom. The zero-order valence-electron chi connectivity index (χ0n) is 8.38. The van der Waals surface area contributed by atoms with Gasteiger partial charge in [-0.25, -0.2) is 9.59 Å². The average molecular weight is 225 g/mol. The van der Waals surface area contributed by atoms with Gasteiger partial charge in [-0.1, -0.05) is 12.1 Å². The molecular weight excluding hydrogens is 214 g/mol. The van der Waals surface area contributed by atoms with Crippen LogP contribution in [0.15, 0.2) is 24.3 Å². The Kier molecular flexibility index (Phi) is 4.14. The minimum atomic E-state index is -1.22. The number of anilines is 1. The molecule has 16 heavy (non-hydrogen) atoms. The van der Waals surface area contributed by atoms with Gasteiger partial charge in [-0.05, 0) is 12.1 Å². The second-order valence-corrected chi connectivity index (χ2v) is 2.88. The number of para-hydroxylation sites is 2. The number of ether oxygens (including phenoxy) is 2. The molecule has 0 aliphatic heterocycles. The molecule has 0 aromatic heterocycles. The van der Waals surface area contributed by atoms with Crippen molar-refractivity contribution in [1.29, 1.82) is 0 Å². The summed E-state index contributed by atoms with van der Waals surface area (Å²) in [6.45, 7) is -1.05. The monoisotopic (exact) mass is 225 g/mol. The van der Waals surface area contributed by atoms with Gasteiger partial charge in [0, 0.05) is 0 Å². The van der Waals surface area contributed by atoms with Gasteiger partial charge in [-0.15, -0.1) is 0 Å². The van der Waals surface area contributed by atoms with Crippen LogP contribution < -0.4 is 10.5 Å². The fourth-order valence-electron chi connectivity index (χ4n) is 0.933. The van der Waals surface area contributed by atoms with Crippen molar-refractivity contribution in [2.75, 3.05) is 18.9 Å². The first-order valence-electron chi connectivity index (χ1n) is 4.44. The number of rotatable bonds is 5. The van der Waals surface area contributed by atoms with Crippen molar-refractivity contribution >= 4 is 17.6 Å². The summed E-state index contributed by atoms with van der Waals surface area (Å²) in [5.74, 6) is -1.62. The number of carboxylic acid groups (broad SMARTS) is 1. The fraction of sp³-hybridized carbons (Fsp3) is 0.200. The maximum absolute atomic E-state index is 11.0. The van der Waals surface area contributed by atoms with Crippen molar-refractivity contribution < 1.29 is 24.2 Å². The van der Waals surface area contributed by atoms with E-state index in [1.54, 1.807) is 24.3 Å². The lowest BCUT2D eigenvalue weighted by atomic mass is 10.3. The van der Waals surface area contributed by atoms with E-state index in [4.69, 9.17) is 15.6 Å². The maximum Gasteiger partial charge on any atom is 0.344 e. The van der Waals surface area contributed by atoms with Crippen LogP contribution in [0.2, 0.25) is 0 Å². The molecule has 1 aromatic rings. The molecule has 0 bridgehead atoms. The van der Waals surface area contributed by atoms with Crippen molar-refractivity contribution in [1.82, 2.24) is 0 Å². The number of carbonyl (C=O) groups is 2. The van der Waals surface area contributed by atoms with Crippen LogP contribution in [0.3, 0.4) is 0 Å². The van der Waals surface area contributed by atoms with Gasteiger partial charge in [0.25, 0.3) is 0 Å². The summed E-state index contributed by atoms with van der Waals surface area (Å²) >= 11 is 0. The van der Waals surface area contributed by atoms with Gasteiger partial charge in [-0.3, -0.25) is 0 Å². The number of nitrogens with two attached hydrogens (primary N) is 1. The molecule has 1 aromatic carbocycles. The molecule has 0 spiro atoms. The Labute approximate surface area is 91.6 Å². The van der Waals surface area contributed by atoms with Gasteiger partial charge in [-0.2, -0.15) is 0 Å². The highest BCUT2D eigenvalue weighted by Gasteiger charge is 2.07. The molecule has 0 amide bonds. The minimum absolute atomic E-state index is 0.356. The lowest BCUT2D eigenvalue weighted by molar-refractivity contribution is -0.156. The number of carbonyl (C=O) groups excluding carboxylic acids is 1. The van der Waals surface area contributed by atoms with E-state index < -0.39 is 18.5 Å². The summed E-state index contributed by atoms with van der Waals surface area (Å²) in [5.41, 5.74) is 5.95. The third-order valence-electron chi connectivity index (χ3n) is 1.62. The van der Waals surface area contributed by atoms with Crippen LogP contribution in [0.5, 0.6) is 5.75 Å². The molecule has 3 N–H and O–H groups in total. The number of nitrogen functional groups attached to an aromatic ring is 1. The number of aliphatic carboxylic acids is 1. The molecule has 6 heteroatoms. The number of hydrogen-bond donors (Lipinski definition) is 2. The van der Waals surface area contributed by atoms with Crippen molar-refractivity contribution in [3.8, 4) is 5.75 Å². The SMILES string of the molecule is Nc1ccccc1OCC(=O)OCC(=O)O. The second kappa shape index (κ2) is 5.59. The fourth-order valence-corrected chi connectivity index (χ4v) is 0.933. The second-order valence-electron chi connectivity index (χ2n) is 2.88. The first kappa shape index (κ1) is 11.8. The summed E-state index contributed by atoms with van der Waals surface area (Å²) in [6, 6.07) is 6.65. The molecular formula is C10H11NO5. The van der Waals surface area contributed by atoms with Gasteiger partial charge >= 0.3 is 11.9 Å². The lowest BCUT2D eigenvalue weighted by Crippen LogP contribution is -2.19. The lowest BCUT2D eigenvalue weighted by Gasteiger charge is -2.07.